The maximum absolute atomic E-state index is 5.90. The molecule has 2 aromatic rings. The van der Waals surface area contributed by atoms with Gasteiger partial charge in [-0.25, -0.2) is 0 Å². The van der Waals surface area contributed by atoms with Crippen LogP contribution in [0.1, 0.15) is 5.56 Å². The summed E-state index contributed by atoms with van der Waals surface area (Å²) in [5.41, 5.74) is 7.83. The largest absolute Gasteiger partial charge is 0.493 e. The van der Waals surface area contributed by atoms with Crippen LogP contribution < -0.4 is 15.2 Å². The molecule has 0 saturated heterocycles. The van der Waals surface area contributed by atoms with Gasteiger partial charge in [0, 0.05) is 21.9 Å². The summed E-state index contributed by atoms with van der Waals surface area (Å²) in [6.45, 7) is 0.666. The van der Waals surface area contributed by atoms with Gasteiger partial charge in [-0.2, -0.15) is 0 Å². The van der Waals surface area contributed by atoms with Crippen LogP contribution in [0.15, 0.2) is 47.4 Å². The molecule has 0 aliphatic carbocycles. The first-order chi connectivity index (χ1) is 9.76. The number of anilines is 1. The van der Waals surface area contributed by atoms with Crippen LogP contribution in [0.25, 0.3) is 0 Å². The van der Waals surface area contributed by atoms with Crippen molar-refractivity contribution in [2.24, 2.45) is 0 Å². The summed E-state index contributed by atoms with van der Waals surface area (Å²) < 4.78 is 11.2. The van der Waals surface area contributed by atoms with Gasteiger partial charge in [0.1, 0.15) is 6.61 Å². The summed E-state index contributed by atoms with van der Waals surface area (Å²) in [7, 11) is 1.63. The van der Waals surface area contributed by atoms with E-state index < -0.39 is 0 Å². The Morgan fingerprint density at radius 3 is 2.85 bits per heavy atom. The van der Waals surface area contributed by atoms with Gasteiger partial charge in [0.05, 0.1) is 7.11 Å². The predicted molar refractivity (Wildman–Crippen MR) is 82.7 cm³/mol. The van der Waals surface area contributed by atoms with Crippen molar-refractivity contribution in [2.45, 2.75) is 16.6 Å². The molecule has 3 nitrogen and oxygen atoms in total. The lowest BCUT2D eigenvalue weighted by Crippen LogP contribution is -2.13. The summed E-state index contributed by atoms with van der Waals surface area (Å²) in [5, 5.41) is 0.453. The van der Waals surface area contributed by atoms with Crippen molar-refractivity contribution in [2.75, 3.05) is 19.5 Å². The van der Waals surface area contributed by atoms with Crippen molar-refractivity contribution in [1.29, 1.82) is 0 Å². The third-order valence-electron chi connectivity index (χ3n) is 3.33. The molecule has 1 aliphatic rings. The highest BCUT2D eigenvalue weighted by Gasteiger charge is 2.22. The Morgan fingerprint density at radius 1 is 1.20 bits per heavy atom. The van der Waals surface area contributed by atoms with Gasteiger partial charge >= 0.3 is 0 Å². The fourth-order valence-corrected chi connectivity index (χ4v) is 3.55. The van der Waals surface area contributed by atoms with Gasteiger partial charge in [0.25, 0.3) is 0 Å². The first kappa shape index (κ1) is 13.2. The minimum absolute atomic E-state index is 0.453. The summed E-state index contributed by atoms with van der Waals surface area (Å²) in [6, 6.07) is 14.0. The van der Waals surface area contributed by atoms with E-state index in [2.05, 4.69) is 24.3 Å². The van der Waals surface area contributed by atoms with Crippen LogP contribution >= 0.6 is 11.8 Å². The minimum atomic E-state index is 0.453. The van der Waals surface area contributed by atoms with Crippen molar-refractivity contribution < 1.29 is 9.47 Å². The molecule has 0 spiro atoms. The van der Waals surface area contributed by atoms with E-state index in [1.807, 2.05) is 23.9 Å². The lowest BCUT2D eigenvalue weighted by molar-refractivity contribution is 0.295. The second-order valence-corrected chi connectivity index (χ2v) is 6.12. The first-order valence-electron chi connectivity index (χ1n) is 6.57. The third kappa shape index (κ3) is 2.70. The van der Waals surface area contributed by atoms with E-state index in [0.29, 0.717) is 23.3 Å². The standard InChI is InChI=1S/C16H17NO2S/c1-18-15-9-12(17)6-7-14(15)19-10-13-8-11-4-2-3-5-16(11)20-13/h2-7,9,13H,8,10,17H2,1H3. The SMILES string of the molecule is COc1cc(N)ccc1OCC1Cc2ccccc2S1. The van der Waals surface area contributed by atoms with E-state index in [1.54, 1.807) is 13.2 Å². The van der Waals surface area contributed by atoms with Gasteiger partial charge in [-0.3, -0.25) is 0 Å². The molecule has 1 heterocycles. The number of fused-ring (bicyclic) bond motifs is 1. The van der Waals surface area contributed by atoms with Gasteiger partial charge in [0.2, 0.25) is 0 Å². The Hall–Kier alpha value is -1.81. The number of benzene rings is 2. The van der Waals surface area contributed by atoms with Crippen molar-refractivity contribution in [3.8, 4) is 11.5 Å². The molecular formula is C16H17NO2S. The molecule has 0 amide bonds. The quantitative estimate of drug-likeness (QED) is 0.876. The van der Waals surface area contributed by atoms with Gasteiger partial charge < -0.3 is 15.2 Å². The molecular weight excluding hydrogens is 270 g/mol. The van der Waals surface area contributed by atoms with E-state index in [4.69, 9.17) is 15.2 Å². The Kier molecular flexibility index (Phi) is 3.74. The zero-order chi connectivity index (χ0) is 13.9. The van der Waals surface area contributed by atoms with Crippen molar-refractivity contribution in [3.63, 3.8) is 0 Å². The minimum Gasteiger partial charge on any atom is -0.493 e. The zero-order valence-electron chi connectivity index (χ0n) is 11.3. The molecule has 20 heavy (non-hydrogen) atoms. The molecule has 0 radical (unpaired) electrons. The number of hydrogen-bond donors (Lipinski definition) is 1. The molecule has 0 aromatic heterocycles. The highest BCUT2D eigenvalue weighted by Crippen LogP contribution is 2.37. The highest BCUT2D eigenvalue weighted by molar-refractivity contribution is 8.00. The van der Waals surface area contributed by atoms with Crippen molar-refractivity contribution >= 4 is 17.4 Å². The molecule has 2 N–H and O–H groups in total. The summed E-state index contributed by atoms with van der Waals surface area (Å²) in [5.74, 6) is 1.43. The van der Waals surface area contributed by atoms with Crippen LogP contribution in [-0.2, 0) is 6.42 Å². The molecule has 1 unspecified atom stereocenters. The van der Waals surface area contributed by atoms with E-state index in [9.17, 15) is 0 Å². The number of hydrogen-bond acceptors (Lipinski definition) is 4. The topological polar surface area (TPSA) is 44.5 Å². The van der Waals surface area contributed by atoms with E-state index in [1.165, 1.54) is 10.5 Å². The Bertz CT molecular complexity index is 590. The van der Waals surface area contributed by atoms with Gasteiger partial charge in [0.15, 0.2) is 11.5 Å². The molecule has 0 bridgehead atoms. The second-order valence-electron chi connectivity index (χ2n) is 4.77. The molecule has 1 atom stereocenters. The number of nitrogens with two attached hydrogens (primary N) is 1. The van der Waals surface area contributed by atoms with Crippen LogP contribution in [0.3, 0.4) is 0 Å². The van der Waals surface area contributed by atoms with Gasteiger partial charge in [-0.1, -0.05) is 18.2 Å². The number of rotatable bonds is 4. The molecule has 104 valence electrons. The highest BCUT2D eigenvalue weighted by atomic mass is 32.2. The van der Waals surface area contributed by atoms with Crippen molar-refractivity contribution in [1.82, 2.24) is 0 Å². The average Bonchev–Trinajstić information content (AvgIpc) is 2.88. The fraction of sp³-hybridized carbons (Fsp3) is 0.250. The van der Waals surface area contributed by atoms with E-state index in [0.717, 1.165) is 12.2 Å². The average molecular weight is 287 g/mol. The Labute approximate surface area is 123 Å². The maximum atomic E-state index is 5.90. The van der Waals surface area contributed by atoms with E-state index in [-0.39, 0.29) is 0 Å². The van der Waals surface area contributed by atoms with Crippen LogP contribution in [0, 0.1) is 0 Å². The molecule has 2 aromatic carbocycles. The Balaban J connectivity index is 1.64. The maximum Gasteiger partial charge on any atom is 0.162 e. The lowest BCUT2D eigenvalue weighted by atomic mass is 10.1. The lowest BCUT2D eigenvalue weighted by Gasteiger charge is -2.14. The second kappa shape index (κ2) is 5.67. The number of methoxy groups -OCH3 is 1. The summed E-state index contributed by atoms with van der Waals surface area (Å²) in [4.78, 5) is 1.37. The number of nitrogen functional groups attached to an aromatic ring is 1. The Morgan fingerprint density at radius 2 is 2.05 bits per heavy atom. The van der Waals surface area contributed by atoms with Gasteiger partial charge in [-0.15, -0.1) is 11.8 Å². The van der Waals surface area contributed by atoms with Crippen LogP contribution in [0.5, 0.6) is 11.5 Å². The van der Waals surface area contributed by atoms with Crippen LogP contribution in [-0.4, -0.2) is 19.0 Å². The van der Waals surface area contributed by atoms with E-state index >= 15 is 0 Å². The molecule has 0 saturated carbocycles. The third-order valence-corrected chi connectivity index (χ3v) is 4.61. The molecule has 3 rings (SSSR count). The molecule has 0 fully saturated rings. The van der Waals surface area contributed by atoms with Crippen LogP contribution in [0.2, 0.25) is 0 Å². The first-order valence-corrected chi connectivity index (χ1v) is 7.45. The number of thioether (sulfide) groups is 1. The van der Waals surface area contributed by atoms with Crippen LogP contribution in [0.4, 0.5) is 5.69 Å². The summed E-state index contributed by atoms with van der Waals surface area (Å²) in [6.07, 6.45) is 1.05. The molecule has 1 aliphatic heterocycles. The molecule has 4 heteroatoms. The number of ether oxygens (including phenoxy) is 2. The summed E-state index contributed by atoms with van der Waals surface area (Å²) >= 11 is 1.88. The normalized spacial score (nSPS) is 16.8. The predicted octanol–water partition coefficient (Wildman–Crippen LogP) is 3.37. The van der Waals surface area contributed by atoms with Crippen molar-refractivity contribution in [3.05, 3.63) is 48.0 Å². The fourth-order valence-electron chi connectivity index (χ4n) is 2.33. The zero-order valence-corrected chi connectivity index (χ0v) is 12.2. The smallest absolute Gasteiger partial charge is 0.162 e. The van der Waals surface area contributed by atoms with Gasteiger partial charge in [-0.05, 0) is 30.2 Å². The monoisotopic (exact) mass is 287 g/mol.